The number of nitrogens with one attached hydrogen (secondary N) is 1. The minimum Gasteiger partial charge on any atom is -0.379 e. The Morgan fingerprint density at radius 1 is 1.35 bits per heavy atom. The molecule has 2 fully saturated rings. The summed E-state index contributed by atoms with van der Waals surface area (Å²) in [6.07, 6.45) is 0.782. The summed E-state index contributed by atoms with van der Waals surface area (Å²) in [5, 5.41) is 19.7. The largest absolute Gasteiger partial charge is 0.379 e. The molecule has 0 aliphatic carbocycles. The van der Waals surface area contributed by atoms with Gasteiger partial charge in [-0.25, -0.2) is 13.6 Å². The van der Waals surface area contributed by atoms with Gasteiger partial charge in [0.05, 0.1) is 28.5 Å². The van der Waals surface area contributed by atoms with Crippen LogP contribution in [-0.4, -0.2) is 51.7 Å². The van der Waals surface area contributed by atoms with Crippen LogP contribution in [0.1, 0.15) is 6.42 Å². The number of benzene rings is 1. The van der Waals surface area contributed by atoms with Crippen molar-refractivity contribution in [1.82, 2.24) is 5.32 Å². The Morgan fingerprint density at radius 2 is 2.09 bits per heavy atom. The first-order valence-electron chi connectivity index (χ1n) is 7.26. The Hall–Kier alpha value is -1.75. The Balaban J connectivity index is 2.06. The van der Waals surface area contributed by atoms with E-state index in [0.29, 0.717) is 18.9 Å². The summed E-state index contributed by atoms with van der Waals surface area (Å²) >= 11 is 0. The van der Waals surface area contributed by atoms with Crippen LogP contribution < -0.4 is 15.4 Å². The number of sulfonamides is 1. The highest BCUT2D eigenvalue weighted by molar-refractivity contribution is 7.89. The van der Waals surface area contributed by atoms with Crippen LogP contribution in [0.25, 0.3) is 0 Å². The molecule has 2 aliphatic rings. The molecule has 1 aromatic rings. The summed E-state index contributed by atoms with van der Waals surface area (Å²) < 4.78 is 28.3. The first-order valence-corrected chi connectivity index (χ1v) is 8.80. The molecule has 3 N–H and O–H groups in total. The lowest BCUT2D eigenvalue weighted by molar-refractivity contribution is -0.384. The number of nitro groups is 1. The van der Waals surface area contributed by atoms with Gasteiger partial charge in [0, 0.05) is 25.8 Å². The van der Waals surface area contributed by atoms with Crippen LogP contribution in [0.4, 0.5) is 11.4 Å². The SMILES string of the molecule is NS(=O)(=O)c1ccc(N(C2CNC2)C2CCOC2)c([N+](=O)[O-])c1. The van der Waals surface area contributed by atoms with E-state index in [1.807, 2.05) is 4.90 Å². The van der Waals surface area contributed by atoms with Gasteiger partial charge in [0.15, 0.2) is 0 Å². The molecule has 1 unspecified atom stereocenters. The molecule has 2 aliphatic heterocycles. The van der Waals surface area contributed by atoms with E-state index in [1.54, 1.807) is 0 Å². The molecule has 0 saturated carbocycles. The zero-order valence-corrected chi connectivity index (χ0v) is 13.2. The summed E-state index contributed by atoms with van der Waals surface area (Å²) in [4.78, 5) is 12.6. The maximum Gasteiger partial charge on any atom is 0.293 e. The van der Waals surface area contributed by atoms with Crippen molar-refractivity contribution < 1.29 is 18.1 Å². The quantitative estimate of drug-likeness (QED) is 0.560. The number of hydrogen-bond donors (Lipinski definition) is 2. The van der Waals surface area contributed by atoms with Crippen LogP contribution in [0, 0.1) is 10.1 Å². The number of nitrogens with two attached hydrogens (primary N) is 1. The van der Waals surface area contributed by atoms with Crippen molar-refractivity contribution in [3.05, 3.63) is 28.3 Å². The Labute approximate surface area is 133 Å². The fraction of sp³-hybridized carbons (Fsp3) is 0.538. The van der Waals surface area contributed by atoms with Crippen molar-refractivity contribution in [3.8, 4) is 0 Å². The van der Waals surface area contributed by atoms with Crippen molar-refractivity contribution in [1.29, 1.82) is 0 Å². The lowest BCUT2D eigenvalue weighted by Gasteiger charge is -2.42. The normalized spacial score (nSPS) is 21.9. The molecule has 0 bridgehead atoms. The highest BCUT2D eigenvalue weighted by atomic mass is 32.2. The Morgan fingerprint density at radius 3 is 2.57 bits per heavy atom. The van der Waals surface area contributed by atoms with Crippen LogP contribution in [0.5, 0.6) is 0 Å². The maximum atomic E-state index is 11.5. The molecule has 9 nitrogen and oxygen atoms in total. The molecule has 10 heteroatoms. The fourth-order valence-electron chi connectivity index (χ4n) is 2.95. The monoisotopic (exact) mass is 342 g/mol. The molecule has 0 radical (unpaired) electrons. The highest BCUT2D eigenvalue weighted by Gasteiger charge is 2.36. The number of rotatable bonds is 5. The molecule has 1 aromatic carbocycles. The van der Waals surface area contributed by atoms with E-state index in [1.165, 1.54) is 12.1 Å². The number of anilines is 1. The van der Waals surface area contributed by atoms with Gasteiger partial charge in [-0.1, -0.05) is 0 Å². The van der Waals surface area contributed by atoms with Crippen molar-refractivity contribution in [2.75, 3.05) is 31.2 Å². The molecule has 0 spiro atoms. The van der Waals surface area contributed by atoms with E-state index in [0.717, 1.165) is 25.6 Å². The second-order valence-electron chi connectivity index (χ2n) is 5.69. The molecule has 1 atom stereocenters. The van der Waals surface area contributed by atoms with Crippen molar-refractivity contribution in [2.45, 2.75) is 23.4 Å². The van der Waals surface area contributed by atoms with E-state index >= 15 is 0 Å². The van der Waals surface area contributed by atoms with Gasteiger partial charge in [-0.05, 0) is 18.6 Å². The van der Waals surface area contributed by atoms with E-state index in [-0.39, 0.29) is 22.7 Å². The van der Waals surface area contributed by atoms with Crippen LogP contribution in [-0.2, 0) is 14.8 Å². The number of nitro benzene ring substituents is 1. The van der Waals surface area contributed by atoms with Crippen molar-refractivity contribution >= 4 is 21.4 Å². The summed E-state index contributed by atoms with van der Waals surface area (Å²) in [7, 11) is -3.99. The molecule has 0 aromatic heterocycles. The molecule has 2 saturated heterocycles. The number of primary sulfonamides is 1. The Kier molecular flexibility index (Phi) is 4.23. The molecule has 3 rings (SSSR count). The van der Waals surface area contributed by atoms with Gasteiger partial charge in [0.25, 0.3) is 5.69 Å². The molecule has 126 valence electrons. The van der Waals surface area contributed by atoms with E-state index in [9.17, 15) is 18.5 Å². The fourth-order valence-corrected chi connectivity index (χ4v) is 3.48. The third-order valence-corrected chi connectivity index (χ3v) is 5.11. The Bertz CT molecular complexity index is 713. The molecule has 0 amide bonds. The lowest BCUT2D eigenvalue weighted by Crippen LogP contribution is -2.60. The standard InChI is InChI=1S/C13H18N4O5S/c14-23(20,21)11-1-2-12(13(5-11)17(18)19)16(10-6-15-7-10)9-3-4-22-8-9/h1-2,5,9-10,15H,3-4,6-8H2,(H2,14,20,21). The van der Waals surface area contributed by atoms with Gasteiger partial charge in [-0.15, -0.1) is 0 Å². The first-order chi connectivity index (χ1) is 10.9. The smallest absolute Gasteiger partial charge is 0.293 e. The minimum absolute atomic E-state index is 0.0427. The zero-order valence-electron chi connectivity index (χ0n) is 12.3. The molecular weight excluding hydrogens is 324 g/mol. The topological polar surface area (TPSA) is 128 Å². The molecular formula is C13H18N4O5S. The third-order valence-electron chi connectivity index (χ3n) is 4.20. The predicted molar refractivity (Wildman–Crippen MR) is 82.8 cm³/mol. The molecule has 23 heavy (non-hydrogen) atoms. The van der Waals surface area contributed by atoms with Crippen molar-refractivity contribution in [2.24, 2.45) is 5.14 Å². The molecule has 2 heterocycles. The van der Waals surface area contributed by atoms with Crippen LogP contribution in [0.2, 0.25) is 0 Å². The van der Waals surface area contributed by atoms with E-state index in [4.69, 9.17) is 9.88 Å². The van der Waals surface area contributed by atoms with E-state index < -0.39 is 14.9 Å². The zero-order chi connectivity index (χ0) is 16.6. The van der Waals surface area contributed by atoms with Crippen LogP contribution in [0.15, 0.2) is 23.1 Å². The van der Waals surface area contributed by atoms with Crippen molar-refractivity contribution in [3.63, 3.8) is 0 Å². The highest BCUT2D eigenvalue weighted by Crippen LogP contribution is 2.35. The summed E-state index contributed by atoms with van der Waals surface area (Å²) in [6.45, 7) is 2.57. The number of hydrogen-bond acceptors (Lipinski definition) is 7. The number of nitrogens with zero attached hydrogens (tertiary/aromatic N) is 2. The summed E-state index contributed by atoms with van der Waals surface area (Å²) in [5.41, 5.74) is 0.153. The van der Waals surface area contributed by atoms with Gasteiger partial charge >= 0.3 is 0 Å². The lowest BCUT2D eigenvalue weighted by atomic mass is 10.0. The van der Waals surface area contributed by atoms with Gasteiger partial charge in [0.2, 0.25) is 10.0 Å². The van der Waals surface area contributed by atoms with E-state index in [2.05, 4.69) is 5.32 Å². The average molecular weight is 342 g/mol. The summed E-state index contributed by atoms with van der Waals surface area (Å²) in [6, 6.07) is 3.97. The second kappa shape index (κ2) is 6.04. The average Bonchev–Trinajstić information content (AvgIpc) is 2.94. The summed E-state index contributed by atoms with van der Waals surface area (Å²) in [5.74, 6) is 0. The maximum absolute atomic E-state index is 11.5. The second-order valence-corrected chi connectivity index (χ2v) is 7.25. The number of ether oxygens (including phenoxy) is 1. The van der Waals surface area contributed by atoms with Gasteiger partial charge in [-0.3, -0.25) is 10.1 Å². The minimum atomic E-state index is -3.99. The van der Waals surface area contributed by atoms with Crippen LogP contribution in [0.3, 0.4) is 0 Å². The van der Waals surface area contributed by atoms with Gasteiger partial charge in [0.1, 0.15) is 5.69 Å². The van der Waals surface area contributed by atoms with Crippen LogP contribution >= 0.6 is 0 Å². The first kappa shape index (κ1) is 16.1. The van der Waals surface area contributed by atoms with Gasteiger partial charge in [-0.2, -0.15) is 0 Å². The third kappa shape index (κ3) is 3.15. The van der Waals surface area contributed by atoms with Gasteiger partial charge < -0.3 is 15.0 Å². The predicted octanol–water partition coefficient (Wildman–Crippen LogP) is -0.191.